The van der Waals surface area contributed by atoms with Gasteiger partial charge in [0.2, 0.25) is 0 Å². The molecule has 0 amide bonds. The maximum Gasteiger partial charge on any atom is 0.0783 e. The van der Waals surface area contributed by atoms with Gasteiger partial charge in [-0.15, -0.1) is 0 Å². The van der Waals surface area contributed by atoms with E-state index in [1.807, 2.05) is 11.8 Å². The minimum Gasteiger partial charge on any atom is -0.374 e. The summed E-state index contributed by atoms with van der Waals surface area (Å²) in [6, 6.07) is 6.81. The van der Waals surface area contributed by atoms with Crippen molar-refractivity contribution in [3.63, 3.8) is 0 Å². The van der Waals surface area contributed by atoms with E-state index in [1.54, 1.807) is 0 Å². The third-order valence-electron chi connectivity index (χ3n) is 4.89. The van der Waals surface area contributed by atoms with Crippen LogP contribution in [0.1, 0.15) is 42.0 Å². The molecule has 20 heavy (non-hydrogen) atoms. The highest BCUT2D eigenvalue weighted by atomic mass is 32.2. The van der Waals surface area contributed by atoms with Gasteiger partial charge in [-0.05, 0) is 55.9 Å². The molecule has 2 aliphatic heterocycles. The maximum absolute atomic E-state index is 6.61. The molecule has 1 spiro atoms. The average Bonchev–Trinajstić information content (AvgIpc) is 2.86. The smallest absolute Gasteiger partial charge is 0.0783 e. The fraction of sp³-hybridized carbons (Fsp3) is 0.647. The maximum atomic E-state index is 6.61. The number of hydrogen-bond acceptors (Lipinski definition) is 3. The van der Waals surface area contributed by atoms with E-state index < -0.39 is 0 Å². The van der Waals surface area contributed by atoms with Crippen LogP contribution in [0.25, 0.3) is 0 Å². The summed E-state index contributed by atoms with van der Waals surface area (Å²) >= 11 is 2.03. The van der Waals surface area contributed by atoms with Gasteiger partial charge in [-0.3, -0.25) is 0 Å². The predicted molar refractivity (Wildman–Crippen MR) is 86.2 cm³/mol. The normalized spacial score (nSPS) is 31.6. The topological polar surface area (TPSA) is 35.2 Å². The summed E-state index contributed by atoms with van der Waals surface area (Å²) in [6.07, 6.45) is 3.43. The first-order valence-corrected chi connectivity index (χ1v) is 8.80. The highest BCUT2D eigenvalue weighted by Gasteiger charge is 2.42. The Hall–Kier alpha value is -0.510. The van der Waals surface area contributed by atoms with E-state index in [-0.39, 0.29) is 11.6 Å². The van der Waals surface area contributed by atoms with Gasteiger partial charge in [-0.25, -0.2) is 0 Å². The van der Waals surface area contributed by atoms with Crippen molar-refractivity contribution in [2.75, 3.05) is 18.1 Å². The Morgan fingerprint density at radius 3 is 2.95 bits per heavy atom. The van der Waals surface area contributed by atoms with Crippen LogP contribution in [-0.2, 0) is 4.74 Å². The van der Waals surface area contributed by atoms with Crippen LogP contribution >= 0.6 is 11.8 Å². The quantitative estimate of drug-likeness (QED) is 0.904. The van der Waals surface area contributed by atoms with Crippen LogP contribution in [0.4, 0.5) is 0 Å². The zero-order valence-corrected chi connectivity index (χ0v) is 13.3. The van der Waals surface area contributed by atoms with Crippen molar-refractivity contribution in [2.45, 2.75) is 44.8 Å². The number of rotatable bonds is 2. The third kappa shape index (κ3) is 2.76. The fourth-order valence-corrected chi connectivity index (χ4v) is 5.07. The number of thioether (sulfide) groups is 1. The standard InChI is InChI=1S/C17H25NOS/c1-12-3-4-15(13(2)9-12)16(18)14-5-7-19-17(10-14)6-8-20-11-17/h3-4,9,14,16H,5-8,10-11,18H2,1-2H3. The lowest BCUT2D eigenvalue weighted by Gasteiger charge is -2.40. The first-order chi connectivity index (χ1) is 9.60. The Labute approximate surface area is 126 Å². The molecule has 1 aromatic carbocycles. The molecule has 2 fully saturated rings. The molecule has 0 radical (unpaired) electrons. The Kier molecular flexibility index (Phi) is 4.11. The molecular weight excluding hydrogens is 266 g/mol. The Balaban J connectivity index is 1.77. The van der Waals surface area contributed by atoms with Gasteiger partial charge in [0.05, 0.1) is 5.60 Å². The number of hydrogen-bond donors (Lipinski definition) is 1. The molecule has 2 heterocycles. The van der Waals surface area contributed by atoms with Gasteiger partial charge < -0.3 is 10.5 Å². The molecule has 2 aliphatic rings. The zero-order chi connectivity index (χ0) is 14.2. The number of benzene rings is 1. The van der Waals surface area contributed by atoms with E-state index in [9.17, 15) is 0 Å². The van der Waals surface area contributed by atoms with E-state index in [1.165, 1.54) is 28.9 Å². The summed E-state index contributed by atoms with van der Waals surface area (Å²) in [7, 11) is 0. The van der Waals surface area contributed by atoms with Crippen molar-refractivity contribution >= 4 is 11.8 Å². The predicted octanol–water partition coefficient (Wildman–Crippen LogP) is 3.61. The summed E-state index contributed by atoms with van der Waals surface area (Å²) in [5, 5.41) is 0. The highest BCUT2D eigenvalue weighted by Crippen LogP contribution is 2.43. The number of nitrogens with two attached hydrogens (primary N) is 1. The average molecular weight is 291 g/mol. The second-order valence-electron chi connectivity index (χ2n) is 6.47. The van der Waals surface area contributed by atoms with Crippen molar-refractivity contribution in [1.29, 1.82) is 0 Å². The SMILES string of the molecule is Cc1ccc(C(N)C2CCOC3(CCSC3)C2)c(C)c1. The lowest BCUT2D eigenvalue weighted by Crippen LogP contribution is -2.42. The van der Waals surface area contributed by atoms with Gasteiger partial charge in [0.1, 0.15) is 0 Å². The van der Waals surface area contributed by atoms with Crippen LogP contribution in [0.5, 0.6) is 0 Å². The second kappa shape index (κ2) is 5.70. The van der Waals surface area contributed by atoms with E-state index in [0.717, 1.165) is 25.2 Å². The molecule has 1 aromatic rings. The molecule has 0 bridgehead atoms. The van der Waals surface area contributed by atoms with Crippen molar-refractivity contribution in [2.24, 2.45) is 11.7 Å². The van der Waals surface area contributed by atoms with Crippen molar-refractivity contribution in [1.82, 2.24) is 0 Å². The van der Waals surface area contributed by atoms with Crippen LogP contribution in [0.3, 0.4) is 0 Å². The molecule has 3 atom stereocenters. The molecule has 2 N–H and O–H groups in total. The molecule has 3 unspecified atom stereocenters. The molecule has 0 saturated carbocycles. The van der Waals surface area contributed by atoms with Crippen LogP contribution in [0.2, 0.25) is 0 Å². The van der Waals surface area contributed by atoms with E-state index in [2.05, 4.69) is 32.0 Å². The molecule has 2 saturated heterocycles. The van der Waals surface area contributed by atoms with E-state index >= 15 is 0 Å². The summed E-state index contributed by atoms with van der Waals surface area (Å²) in [5.41, 5.74) is 10.7. The highest BCUT2D eigenvalue weighted by molar-refractivity contribution is 7.99. The summed E-state index contributed by atoms with van der Waals surface area (Å²) < 4.78 is 6.12. The lowest BCUT2D eigenvalue weighted by molar-refractivity contribution is -0.0834. The summed E-state index contributed by atoms with van der Waals surface area (Å²) in [4.78, 5) is 0. The lowest BCUT2D eigenvalue weighted by atomic mass is 9.78. The molecule has 3 rings (SSSR count). The largest absolute Gasteiger partial charge is 0.374 e. The Morgan fingerprint density at radius 1 is 1.40 bits per heavy atom. The Morgan fingerprint density at radius 2 is 2.25 bits per heavy atom. The third-order valence-corrected chi connectivity index (χ3v) is 6.11. The van der Waals surface area contributed by atoms with E-state index in [4.69, 9.17) is 10.5 Å². The summed E-state index contributed by atoms with van der Waals surface area (Å²) in [5.74, 6) is 2.96. The molecular formula is C17H25NOS. The minimum atomic E-state index is 0.129. The second-order valence-corrected chi connectivity index (χ2v) is 7.58. The van der Waals surface area contributed by atoms with Gasteiger partial charge in [0, 0.05) is 18.4 Å². The monoisotopic (exact) mass is 291 g/mol. The van der Waals surface area contributed by atoms with Crippen LogP contribution < -0.4 is 5.73 Å². The number of ether oxygens (including phenoxy) is 1. The van der Waals surface area contributed by atoms with Gasteiger partial charge in [-0.2, -0.15) is 11.8 Å². The Bertz CT molecular complexity index is 482. The van der Waals surface area contributed by atoms with Crippen molar-refractivity contribution in [3.8, 4) is 0 Å². The molecule has 0 aromatic heterocycles. The molecule has 3 heteroatoms. The minimum absolute atomic E-state index is 0.129. The van der Waals surface area contributed by atoms with Crippen molar-refractivity contribution in [3.05, 3.63) is 34.9 Å². The van der Waals surface area contributed by atoms with Gasteiger partial charge in [-0.1, -0.05) is 23.8 Å². The van der Waals surface area contributed by atoms with Gasteiger partial charge >= 0.3 is 0 Å². The van der Waals surface area contributed by atoms with Gasteiger partial charge in [0.15, 0.2) is 0 Å². The first-order valence-electron chi connectivity index (χ1n) is 7.64. The molecule has 110 valence electrons. The van der Waals surface area contributed by atoms with Crippen LogP contribution in [-0.4, -0.2) is 23.7 Å². The molecule has 0 aliphatic carbocycles. The summed E-state index contributed by atoms with van der Waals surface area (Å²) in [6.45, 7) is 5.20. The van der Waals surface area contributed by atoms with E-state index in [0.29, 0.717) is 5.92 Å². The molecule has 2 nitrogen and oxygen atoms in total. The first kappa shape index (κ1) is 14.4. The zero-order valence-electron chi connectivity index (χ0n) is 12.5. The van der Waals surface area contributed by atoms with Gasteiger partial charge in [0.25, 0.3) is 0 Å². The fourth-order valence-electron chi connectivity index (χ4n) is 3.69. The number of aryl methyl sites for hydroxylation is 2. The van der Waals surface area contributed by atoms with Crippen LogP contribution in [0, 0.1) is 19.8 Å². The van der Waals surface area contributed by atoms with Crippen LogP contribution in [0.15, 0.2) is 18.2 Å². The van der Waals surface area contributed by atoms with Crippen molar-refractivity contribution < 1.29 is 4.74 Å².